The molecule has 0 saturated heterocycles. The minimum Gasteiger partial charge on any atom is -0.350 e. The molecule has 0 aliphatic rings. The number of aryl methyl sites for hydroxylation is 2. The second-order valence-corrected chi connectivity index (χ2v) is 5.27. The Hall–Kier alpha value is -0.870. The predicted octanol–water partition coefficient (Wildman–Crippen LogP) is 2.09. The lowest BCUT2D eigenvalue weighted by Gasteiger charge is -2.12. The summed E-state index contributed by atoms with van der Waals surface area (Å²) in [4.78, 5) is 13.8. The number of rotatable bonds is 5. The van der Waals surface area contributed by atoms with Crippen molar-refractivity contribution in [3.8, 4) is 0 Å². The van der Waals surface area contributed by atoms with Gasteiger partial charge in [0.2, 0.25) is 0 Å². The van der Waals surface area contributed by atoms with Crippen molar-refractivity contribution in [3.05, 3.63) is 21.4 Å². The molecule has 3 nitrogen and oxygen atoms in total. The molecule has 1 aromatic heterocycles. The summed E-state index contributed by atoms with van der Waals surface area (Å²) >= 11 is 1.56. The number of carbonyl (C=O) groups is 1. The van der Waals surface area contributed by atoms with Crippen molar-refractivity contribution in [2.75, 3.05) is 13.1 Å². The molecule has 0 spiro atoms. The Kier molecular flexibility index (Phi) is 4.96. The first kappa shape index (κ1) is 13.2. The minimum absolute atomic E-state index is 0.0333. The Morgan fingerprint density at radius 1 is 1.50 bits per heavy atom. The summed E-state index contributed by atoms with van der Waals surface area (Å²) in [5, 5.41) is 6.19. The maximum Gasteiger partial charge on any atom is 0.261 e. The van der Waals surface area contributed by atoms with Gasteiger partial charge in [0.1, 0.15) is 0 Å². The highest BCUT2D eigenvalue weighted by molar-refractivity contribution is 7.14. The van der Waals surface area contributed by atoms with Crippen LogP contribution in [0.5, 0.6) is 0 Å². The van der Waals surface area contributed by atoms with Gasteiger partial charge >= 0.3 is 0 Å². The zero-order valence-corrected chi connectivity index (χ0v) is 11.2. The van der Waals surface area contributed by atoms with Gasteiger partial charge in [-0.1, -0.05) is 6.92 Å². The van der Waals surface area contributed by atoms with E-state index in [-0.39, 0.29) is 5.91 Å². The van der Waals surface area contributed by atoms with Crippen LogP contribution < -0.4 is 10.6 Å². The SMILES string of the molecule is CCN[C@H](C)CNC(=O)c1cc(C)c(C)s1. The molecule has 1 heterocycles. The Labute approximate surface area is 101 Å². The average Bonchev–Trinajstić information content (AvgIpc) is 2.56. The summed E-state index contributed by atoms with van der Waals surface area (Å²) in [6.45, 7) is 9.79. The van der Waals surface area contributed by atoms with Gasteiger partial charge in [0.25, 0.3) is 5.91 Å². The van der Waals surface area contributed by atoms with Gasteiger partial charge in [-0.3, -0.25) is 4.79 Å². The lowest BCUT2D eigenvalue weighted by Crippen LogP contribution is -2.38. The third-order valence-corrected chi connectivity index (χ3v) is 3.66. The van der Waals surface area contributed by atoms with Crippen molar-refractivity contribution in [1.29, 1.82) is 0 Å². The van der Waals surface area contributed by atoms with E-state index in [2.05, 4.69) is 24.5 Å². The lowest BCUT2D eigenvalue weighted by molar-refractivity contribution is 0.0954. The first-order valence-corrected chi connectivity index (χ1v) is 6.44. The molecule has 0 fully saturated rings. The number of amides is 1. The molecule has 90 valence electrons. The number of hydrogen-bond acceptors (Lipinski definition) is 3. The summed E-state index contributed by atoms with van der Waals surface area (Å²) in [6.07, 6.45) is 0. The zero-order valence-electron chi connectivity index (χ0n) is 10.4. The van der Waals surface area contributed by atoms with Crippen LogP contribution in [-0.4, -0.2) is 25.0 Å². The van der Waals surface area contributed by atoms with E-state index in [1.807, 2.05) is 19.9 Å². The van der Waals surface area contributed by atoms with Gasteiger partial charge in [-0.15, -0.1) is 11.3 Å². The second kappa shape index (κ2) is 6.01. The average molecular weight is 240 g/mol. The van der Waals surface area contributed by atoms with Gasteiger partial charge in [0.15, 0.2) is 0 Å². The molecule has 1 rings (SSSR count). The third kappa shape index (κ3) is 3.61. The van der Waals surface area contributed by atoms with Crippen molar-refractivity contribution >= 4 is 17.2 Å². The number of thiophene rings is 1. The maximum atomic E-state index is 11.8. The van der Waals surface area contributed by atoms with E-state index in [1.165, 1.54) is 10.4 Å². The van der Waals surface area contributed by atoms with Gasteiger partial charge in [-0.05, 0) is 38.9 Å². The smallest absolute Gasteiger partial charge is 0.261 e. The Balaban J connectivity index is 2.46. The molecule has 0 aliphatic heterocycles. The quantitative estimate of drug-likeness (QED) is 0.827. The first-order valence-electron chi connectivity index (χ1n) is 5.63. The van der Waals surface area contributed by atoms with E-state index in [1.54, 1.807) is 11.3 Å². The monoisotopic (exact) mass is 240 g/mol. The molecule has 0 aromatic carbocycles. The van der Waals surface area contributed by atoms with Crippen LogP contribution in [0.15, 0.2) is 6.07 Å². The molecule has 0 aliphatic carbocycles. The largest absolute Gasteiger partial charge is 0.350 e. The first-order chi connectivity index (χ1) is 7.54. The van der Waals surface area contributed by atoms with Crippen LogP contribution in [0.4, 0.5) is 0 Å². The van der Waals surface area contributed by atoms with Crippen LogP contribution in [0.3, 0.4) is 0 Å². The molecular weight excluding hydrogens is 220 g/mol. The van der Waals surface area contributed by atoms with E-state index < -0.39 is 0 Å². The van der Waals surface area contributed by atoms with Crippen molar-refractivity contribution < 1.29 is 4.79 Å². The zero-order chi connectivity index (χ0) is 12.1. The van der Waals surface area contributed by atoms with E-state index in [0.29, 0.717) is 12.6 Å². The molecule has 16 heavy (non-hydrogen) atoms. The van der Waals surface area contributed by atoms with Gasteiger partial charge in [-0.25, -0.2) is 0 Å². The standard InChI is InChI=1S/C12H20N2OS/c1-5-13-9(3)7-14-12(15)11-6-8(2)10(4)16-11/h6,9,13H,5,7H2,1-4H3,(H,14,15)/t9-/m1/s1. The fourth-order valence-corrected chi connectivity index (χ4v) is 2.39. The highest BCUT2D eigenvalue weighted by Crippen LogP contribution is 2.20. The van der Waals surface area contributed by atoms with E-state index in [4.69, 9.17) is 0 Å². The molecule has 0 unspecified atom stereocenters. The van der Waals surface area contributed by atoms with E-state index >= 15 is 0 Å². The molecule has 1 atom stereocenters. The predicted molar refractivity (Wildman–Crippen MR) is 69.3 cm³/mol. The highest BCUT2D eigenvalue weighted by atomic mass is 32.1. The number of hydrogen-bond donors (Lipinski definition) is 2. The van der Waals surface area contributed by atoms with Crippen LogP contribution in [0.1, 0.15) is 34.0 Å². The fourth-order valence-electron chi connectivity index (χ4n) is 1.44. The van der Waals surface area contributed by atoms with E-state index in [0.717, 1.165) is 11.4 Å². The third-order valence-electron chi connectivity index (χ3n) is 2.51. The Morgan fingerprint density at radius 2 is 2.19 bits per heavy atom. The Bertz CT molecular complexity index is 340. The number of carbonyl (C=O) groups excluding carboxylic acids is 1. The van der Waals surface area contributed by atoms with Gasteiger partial charge < -0.3 is 10.6 Å². The van der Waals surface area contributed by atoms with Crippen LogP contribution in [0.2, 0.25) is 0 Å². The summed E-state index contributed by atoms with van der Waals surface area (Å²) in [6, 6.07) is 2.27. The fraction of sp³-hybridized carbons (Fsp3) is 0.583. The molecule has 1 aromatic rings. The van der Waals surface area contributed by atoms with Gasteiger partial charge in [0, 0.05) is 17.5 Å². The molecule has 4 heteroatoms. The Morgan fingerprint density at radius 3 is 2.69 bits per heavy atom. The van der Waals surface area contributed by atoms with E-state index in [9.17, 15) is 4.79 Å². The van der Waals surface area contributed by atoms with Crippen LogP contribution in [0, 0.1) is 13.8 Å². The number of likely N-dealkylation sites (N-methyl/N-ethyl adjacent to an activating group) is 1. The van der Waals surface area contributed by atoms with Crippen LogP contribution in [0.25, 0.3) is 0 Å². The summed E-state index contributed by atoms with van der Waals surface area (Å²) in [5.74, 6) is 0.0333. The molecular formula is C12H20N2OS. The van der Waals surface area contributed by atoms with Crippen molar-refractivity contribution in [2.24, 2.45) is 0 Å². The van der Waals surface area contributed by atoms with Gasteiger partial charge in [0.05, 0.1) is 4.88 Å². The lowest BCUT2D eigenvalue weighted by atomic mass is 10.2. The number of nitrogens with one attached hydrogen (secondary N) is 2. The topological polar surface area (TPSA) is 41.1 Å². The summed E-state index contributed by atoms with van der Waals surface area (Å²) in [7, 11) is 0. The van der Waals surface area contributed by atoms with Crippen molar-refractivity contribution in [2.45, 2.75) is 33.7 Å². The van der Waals surface area contributed by atoms with Crippen LogP contribution >= 0.6 is 11.3 Å². The van der Waals surface area contributed by atoms with Crippen LogP contribution in [-0.2, 0) is 0 Å². The molecule has 2 N–H and O–H groups in total. The molecule has 0 radical (unpaired) electrons. The maximum absolute atomic E-state index is 11.8. The molecule has 1 amide bonds. The normalized spacial score (nSPS) is 12.5. The van der Waals surface area contributed by atoms with Crippen molar-refractivity contribution in [3.63, 3.8) is 0 Å². The second-order valence-electron chi connectivity index (χ2n) is 4.02. The van der Waals surface area contributed by atoms with Gasteiger partial charge in [-0.2, -0.15) is 0 Å². The minimum atomic E-state index is 0.0333. The highest BCUT2D eigenvalue weighted by Gasteiger charge is 2.10. The summed E-state index contributed by atoms with van der Waals surface area (Å²) in [5.41, 5.74) is 1.19. The molecule has 0 bridgehead atoms. The molecule has 0 saturated carbocycles. The van der Waals surface area contributed by atoms with Crippen molar-refractivity contribution in [1.82, 2.24) is 10.6 Å². The summed E-state index contributed by atoms with van der Waals surface area (Å²) < 4.78 is 0.